The molecule has 0 spiro atoms. The number of hydrogen-bond acceptors (Lipinski definition) is 7. The topological polar surface area (TPSA) is 137 Å². The Labute approximate surface area is 147 Å². The first kappa shape index (κ1) is 17.5. The number of aromatic nitrogens is 5. The molecule has 0 saturated carbocycles. The number of benzene rings is 1. The Morgan fingerprint density at radius 3 is 2.54 bits per heavy atom. The van der Waals surface area contributed by atoms with Crippen LogP contribution in [-0.4, -0.2) is 42.6 Å². The lowest BCUT2D eigenvalue weighted by Crippen LogP contribution is -2.24. The highest BCUT2D eigenvalue weighted by atomic mass is 32.2. The monoisotopic (exact) mass is 380 g/mol. The molecule has 0 unspecified atom stereocenters. The molecule has 0 radical (unpaired) electrons. The summed E-state index contributed by atoms with van der Waals surface area (Å²) in [4.78, 5) is 30.0. The van der Waals surface area contributed by atoms with Gasteiger partial charge in [0.1, 0.15) is 17.3 Å². The lowest BCUT2D eigenvalue weighted by molar-refractivity contribution is 0.102. The molecular weight excluding hydrogens is 370 g/mol. The number of anilines is 1. The number of nitrogens with zero attached hydrogens (tertiary/aromatic N) is 3. The summed E-state index contributed by atoms with van der Waals surface area (Å²) in [6, 6.07) is 1.69. The Hall–Kier alpha value is -3.28. The number of aromatic amines is 2. The minimum absolute atomic E-state index is 0.0520. The summed E-state index contributed by atoms with van der Waals surface area (Å²) in [5.41, 5.74) is -2.30. The average molecular weight is 380 g/mol. The van der Waals surface area contributed by atoms with E-state index in [4.69, 9.17) is 0 Å². The van der Waals surface area contributed by atoms with Gasteiger partial charge in [0.05, 0.1) is 11.8 Å². The van der Waals surface area contributed by atoms with Crippen LogP contribution in [0.4, 0.5) is 14.5 Å². The van der Waals surface area contributed by atoms with Crippen LogP contribution >= 0.6 is 11.8 Å². The van der Waals surface area contributed by atoms with E-state index in [9.17, 15) is 23.5 Å². The third kappa shape index (κ3) is 3.26. The van der Waals surface area contributed by atoms with Gasteiger partial charge in [-0.25, -0.2) is 8.78 Å². The highest BCUT2D eigenvalue weighted by molar-refractivity contribution is 7.98. The predicted molar refractivity (Wildman–Crippen MR) is 88.0 cm³/mol. The maximum atomic E-state index is 14.2. The van der Waals surface area contributed by atoms with Crippen molar-refractivity contribution in [3.8, 4) is 17.1 Å². The van der Waals surface area contributed by atoms with Gasteiger partial charge in [-0.05, 0) is 18.4 Å². The third-order valence-corrected chi connectivity index (χ3v) is 3.85. The van der Waals surface area contributed by atoms with E-state index >= 15 is 0 Å². The van der Waals surface area contributed by atoms with Crippen molar-refractivity contribution >= 4 is 23.4 Å². The maximum absolute atomic E-state index is 14.2. The number of aromatic hydroxyl groups is 1. The number of carbonyl (C=O) groups excluding carboxylic acids is 1. The van der Waals surface area contributed by atoms with Crippen LogP contribution in [-0.2, 0) is 0 Å². The molecule has 12 heteroatoms. The van der Waals surface area contributed by atoms with E-state index in [0.717, 1.165) is 30.1 Å². The number of carbonyl (C=O) groups is 1. The summed E-state index contributed by atoms with van der Waals surface area (Å²) in [6.45, 7) is 0. The zero-order valence-electron chi connectivity index (χ0n) is 13.0. The molecule has 0 aliphatic carbocycles. The predicted octanol–water partition coefficient (Wildman–Crippen LogP) is 1.51. The van der Waals surface area contributed by atoms with Crippen LogP contribution in [0.15, 0.2) is 28.3 Å². The Morgan fingerprint density at radius 1 is 1.31 bits per heavy atom. The lowest BCUT2D eigenvalue weighted by Gasteiger charge is -2.09. The Balaban J connectivity index is 1.93. The molecule has 26 heavy (non-hydrogen) atoms. The number of halogens is 2. The summed E-state index contributed by atoms with van der Waals surface area (Å²) < 4.78 is 28.4. The SMILES string of the molecule is CSc1nc(O)c(C(=O)Nc2cc(F)c(-c3cn[nH]n3)c(F)c2)c(=O)[nH]1. The minimum Gasteiger partial charge on any atom is -0.493 e. The molecule has 0 bridgehead atoms. The summed E-state index contributed by atoms with van der Waals surface area (Å²) in [6.07, 6.45) is 2.75. The third-order valence-electron chi connectivity index (χ3n) is 3.27. The van der Waals surface area contributed by atoms with Gasteiger partial charge in [-0.15, -0.1) is 0 Å². The van der Waals surface area contributed by atoms with Crippen LogP contribution in [0.25, 0.3) is 11.3 Å². The first-order valence-corrected chi connectivity index (χ1v) is 8.17. The quantitative estimate of drug-likeness (QED) is 0.398. The van der Waals surface area contributed by atoms with Crippen molar-refractivity contribution in [2.45, 2.75) is 5.16 Å². The van der Waals surface area contributed by atoms with Crippen molar-refractivity contribution in [1.82, 2.24) is 25.4 Å². The molecule has 2 heterocycles. The summed E-state index contributed by atoms with van der Waals surface area (Å²) >= 11 is 1.05. The van der Waals surface area contributed by atoms with Gasteiger partial charge in [0.25, 0.3) is 11.5 Å². The molecule has 0 aliphatic heterocycles. The van der Waals surface area contributed by atoms with Crippen LogP contribution < -0.4 is 10.9 Å². The smallest absolute Gasteiger partial charge is 0.268 e. The van der Waals surface area contributed by atoms with Crippen molar-refractivity contribution in [3.63, 3.8) is 0 Å². The molecule has 0 aliphatic rings. The zero-order chi connectivity index (χ0) is 18.8. The van der Waals surface area contributed by atoms with Gasteiger partial charge in [0, 0.05) is 5.69 Å². The average Bonchev–Trinajstić information content (AvgIpc) is 3.07. The second kappa shape index (κ2) is 6.92. The number of thioether (sulfide) groups is 1. The van der Waals surface area contributed by atoms with Crippen LogP contribution in [0, 0.1) is 11.6 Å². The van der Waals surface area contributed by atoms with Gasteiger partial charge in [-0.1, -0.05) is 11.8 Å². The molecule has 9 nitrogen and oxygen atoms in total. The number of amides is 1. The fourth-order valence-electron chi connectivity index (χ4n) is 2.15. The fourth-order valence-corrected chi connectivity index (χ4v) is 2.52. The normalized spacial score (nSPS) is 10.7. The van der Waals surface area contributed by atoms with Crippen LogP contribution in [0.5, 0.6) is 5.88 Å². The first-order valence-electron chi connectivity index (χ1n) is 6.94. The summed E-state index contributed by atoms with van der Waals surface area (Å²) in [7, 11) is 0. The molecule has 3 rings (SSSR count). The molecule has 1 amide bonds. The number of hydrogen-bond donors (Lipinski definition) is 4. The van der Waals surface area contributed by atoms with Gasteiger partial charge in [-0.3, -0.25) is 9.59 Å². The van der Waals surface area contributed by atoms with Crippen LogP contribution in [0.3, 0.4) is 0 Å². The van der Waals surface area contributed by atoms with Crippen LogP contribution in [0.2, 0.25) is 0 Å². The van der Waals surface area contributed by atoms with Crippen molar-refractivity contribution in [1.29, 1.82) is 0 Å². The van der Waals surface area contributed by atoms with Crippen molar-refractivity contribution < 1.29 is 18.7 Å². The van der Waals surface area contributed by atoms with E-state index in [1.807, 2.05) is 0 Å². The highest BCUT2D eigenvalue weighted by Gasteiger charge is 2.21. The molecule has 0 fully saturated rings. The van der Waals surface area contributed by atoms with E-state index in [1.54, 1.807) is 6.26 Å². The van der Waals surface area contributed by atoms with Crippen molar-refractivity contribution in [3.05, 3.63) is 45.9 Å². The van der Waals surface area contributed by atoms with Gasteiger partial charge < -0.3 is 15.4 Å². The minimum atomic E-state index is -1.07. The second-order valence-electron chi connectivity index (χ2n) is 4.90. The van der Waals surface area contributed by atoms with E-state index in [-0.39, 0.29) is 16.5 Å². The van der Waals surface area contributed by atoms with E-state index < -0.39 is 40.1 Å². The van der Waals surface area contributed by atoms with E-state index in [2.05, 4.69) is 30.7 Å². The van der Waals surface area contributed by atoms with Crippen LogP contribution in [0.1, 0.15) is 10.4 Å². The molecule has 3 aromatic rings. The molecule has 4 N–H and O–H groups in total. The molecule has 0 saturated heterocycles. The Kier molecular flexibility index (Phi) is 4.67. The van der Waals surface area contributed by atoms with E-state index in [0.29, 0.717) is 0 Å². The largest absolute Gasteiger partial charge is 0.493 e. The molecular formula is C14H10F2N6O3S. The molecule has 1 aromatic carbocycles. The standard InChI is InChI=1S/C14H10F2N6O3S/c1-26-14-19-12(24)10(13(25)20-14)11(23)18-5-2-6(15)9(7(16)3-5)8-4-17-22-21-8/h2-4H,1H3,(H,18,23)(H,17,21,22)(H2,19,20,24,25). The lowest BCUT2D eigenvalue weighted by atomic mass is 10.1. The first-order chi connectivity index (χ1) is 12.4. The van der Waals surface area contributed by atoms with Crippen molar-refractivity contribution in [2.75, 3.05) is 11.6 Å². The number of H-pyrrole nitrogens is 2. The van der Waals surface area contributed by atoms with E-state index in [1.165, 1.54) is 0 Å². The molecule has 134 valence electrons. The molecule has 0 atom stereocenters. The summed E-state index contributed by atoms with van der Waals surface area (Å²) in [5.74, 6) is -3.86. The number of nitrogens with one attached hydrogen (secondary N) is 3. The fraction of sp³-hybridized carbons (Fsp3) is 0.0714. The van der Waals surface area contributed by atoms with Gasteiger partial charge in [0.2, 0.25) is 5.88 Å². The van der Waals surface area contributed by atoms with Gasteiger partial charge in [0.15, 0.2) is 10.7 Å². The van der Waals surface area contributed by atoms with Gasteiger partial charge in [-0.2, -0.15) is 20.4 Å². The summed E-state index contributed by atoms with van der Waals surface area (Å²) in [5, 5.41) is 21.3. The number of rotatable bonds is 4. The second-order valence-corrected chi connectivity index (χ2v) is 5.69. The highest BCUT2D eigenvalue weighted by Crippen LogP contribution is 2.27. The Bertz CT molecular complexity index is 1010. The zero-order valence-corrected chi connectivity index (χ0v) is 13.8. The maximum Gasteiger partial charge on any atom is 0.268 e. The Morgan fingerprint density at radius 2 is 2.00 bits per heavy atom. The van der Waals surface area contributed by atoms with Gasteiger partial charge >= 0.3 is 0 Å². The van der Waals surface area contributed by atoms with Crippen molar-refractivity contribution in [2.24, 2.45) is 0 Å². The molecule has 2 aromatic heterocycles.